The Bertz CT molecular complexity index is 213. The Morgan fingerprint density at radius 3 is 2.08 bits per heavy atom. The second-order valence-corrected chi connectivity index (χ2v) is 3.22. The van der Waals surface area contributed by atoms with Crippen LogP contribution in [0.2, 0.25) is 0 Å². The van der Waals surface area contributed by atoms with Gasteiger partial charge in [0.15, 0.2) is 0 Å². The van der Waals surface area contributed by atoms with Gasteiger partial charge in [-0.25, -0.2) is 0 Å². The maximum absolute atomic E-state index is 2.27. The molecule has 0 bridgehead atoms. The van der Waals surface area contributed by atoms with Crippen molar-refractivity contribution in [3.63, 3.8) is 0 Å². The van der Waals surface area contributed by atoms with E-state index in [2.05, 4.69) is 45.0 Å². The molecule has 0 aromatic heterocycles. The molecule has 12 heavy (non-hydrogen) atoms. The standard InChI is InChI=1S/C11H16.U/c1-4-10(3)11-7-5-9(2)6-8-11;/h5-8,10H,4H2,1-3H3;/t10-;/m1./s1. The van der Waals surface area contributed by atoms with Gasteiger partial charge >= 0.3 is 0 Å². The molecule has 0 aliphatic rings. The molecular weight excluding hydrogens is 370 g/mol. The first kappa shape index (κ1) is 12.3. The van der Waals surface area contributed by atoms with Gasteiger partial charge in [0.1, 0.15) is 0 Å². The van der Waals surface area contributed by atoms with Crippen molar-refractivity contribution in [2.45, 2.75) is 33.1 Å². The molecular formula is C11H16U. The van der Waals surface area contributed by atoms with Gasteiger partial charge in [-0.15, -0.1) is 0 Å². The molecule has 0 amide bonds. The molecule has 1 aromatic rings. The molecule has 1 aromatic carbocycles. The molecule has 1 atom stereocenters. The van der Waals surface area contributed by atoms with Crippen LogP contribution in [-0.4, -0.2) is 0 Å². The van der Waals surface area contributed by atoms with Gasteiger partial charge < -0.3 is 0 Å². The van der Waals surface area contributed by atoms with Crippen LogP contribution < -0.4 is 0 Å². The summed E-state index contributed by atoms with van der Waals surface area (Å²) in [6.45, 7) is 6.62. The number of hydrogen-bond donors (Lipinski definition) is 0. The molecule has 0 heterocycles. The Labute approximate surface area is 99.1 Å². The van der Waals surface area contributed by atoms with Crippen LogP contribution >= 0.6 is 0 Å². The van der Waals surface area contributed by atoms with Crippen LogP contribution in [-0.2, 0) is 0 Å². The SMILES string of the molecule is CC[C@@H](C)c1ccc(C)cc1.[U]. The molecule has 0 nitrogen and oxygen atoms in total. The maximum Gasteiger partial charge on any atom is 0 e. The minimum atomic E-state index is 0. The summed E-state index contributed by atoms with van der Waals surface area (Å²) in [5.41, 5.74) is 2.80. The van der Waals surface area contributed by atoms with E-state index in [0.29, 0.717) is 5.92 Å². The molecule has 1 rings (SSSR count). The van der Waals surface area contributed by atoms with E-state index in [9.17, 15) is 0 Å². The van der Waals surface area contributed by atoms with Gasteiger partial charge in [-0.1, -0.05) is 43.7 Å². The van der Waals surface area contributed by atoms with Gasteiger partial charge in [-0.2, -0.15) is 0 Å². The summed E-state index contributed by atoms with van der Waals surface area (Å²) in [4.78, 5) is 0. The number of rotatable bonds is 2. The predicted molar refractivity (Wildman–Crippen MR) is 49.9 cm³/mol. The van der Waals surface area contributed by atoms with Crippen LogP contribution in [0.1, 0.15) is 37.3 Å². The normalized spacial score (nSPS) is 11.9. The van der Waals surface area contributed by atoms with E-state index in [0.717, 1.165) is 0 Å². The van der Waals surface area contributed by atoms with E-state index in [-0.39, 0.29) is 31.1 Å². The smallest absolute Gasteiger partial charge is 0 e. The van der Waals surface area contributed by atoms with E-state index in [1.807, 2.05) is 0 Å². The van der Waals surface area contributed by atoms with E-state index in [4.69, 9.17) is 0 Å². The van der Waals surface area contributed by atoms with Crippen molar-refractivity contribution < 1.29 is 31.1 Å². The minimum absolute atomic E-state index is 0. The van der Waals surface area contributed by atoms with Crippen molar-refractivity contribution in [3.05, 3.63) is 35.4 Å². The zero-order valence-electron chi connectivity index (χ0n) is 8.09. The van der Waals surface area contributed by atoms with Gasteiger partial charge in [0.25, 0.3) is 0 Å². The Kier molecular flexibility index (Phi) is 5.97. The second kappa shape index (κ2) is 5.84. The third-order valence-corrected chi connectivity index (χ3v) is 2.26. The van der Waals surface area contributed by atoms with Crippen LogP contribution in [0.3, 0.4) is 0 Å². The summed E-state index contributed by atoms with van der Waals surface area (Å²) >= 11 is 0. The first-order valence-corrected chi connectivity index (χ1v) is 4.30. The Hall–Kier alpha value is 0.272. The summed E-state index contributed by atoms with van der Waals surface area (Å²) in [6.07, 6.45) is 1.23. The maximum atomic E-state index is 2.27. The quantitative estimate of drug-likeness (QED) is 0.730. The van der Waals surface area contributed by atoms with Gasteiger partial charge in [0.05, 0.1) is 0 Å². The van der Waals surface area contributed by atoms with Crippen LogP contribution in [0.25, 0.3) is 0 Å². The Morgan fingerprint density at radius 2 is 1.67 bits per heavy atom. The van der Waals surface area contributed by atoms with Crippen LogP contribution in [0.4, 0.5) is 0 Å². The summed E-state index contributed by atoms with van der Waals surface area (Å²) in [7, 11) is 0. The molecule has 0 radical (unpaired) electrons. The average molecular weight is 386 g/mol. The first-order valence-electron chi connectivity index (χ1n) is 4.30. The zero-order valence-corrected chi connectivity index (χ0v) is 12.3. The molecule has 0 spiro atoms. The number of benzene rings is 1. The third kappa shape index (κ3) is 3.34. The van der Waals surface area contributed by atoms with Crippen molar-refractivity contribution in [1.29, 1.82) is 0 Å². The summed E-state index contributed by atoms with van der Waals surface area (Å²) in [6, 6.07) is 8.82. The predicted octanol–water partition coefficient (Wildman–Crippen LogP) is 3.51. The molecule has 0 saturated heterocycles. The average Bonchev–Trinajstić information content (AvgIpc) is 2.05. The van der Waals surface area contributed by atoms with Crippen molar-refractivity contribution in [2.24, 2.45) is 0 Å². The second-order valence-electron chi connectivity index (χ2n) is 3.22. The number of aryl methyl sites for hydroxylation is 1. The fraction of sp³-hybridized carbons (Fsp3) is 0.455. The van der Waals surface area contributed by atoms with E-state index < -0.39 is 0 Å². The fourth-order valence-electron chi connectivity index (χ4n) is 1.13. The molecule has 0 fully saturated rings. The first-order chi connectivity index (χ1) is 5.24. The van der Waals surface area contributed by atoms with Gasteiger partial charge in [0.2, 0.25) is 0 Å². The molecule has 0 aliphatic heterocycles. The van der Waals surface area contributed by atoms with Crippen molar-refractivity contribution in [1.82, 2.24) is 0 Å². The van der Waals surface area contributed by atoms with Gasteiger partial charge in [-0.3, -0.25) is 0 Å². The number of hydrogen-bond acceptors (Lipinski definition) is 0. The minimum Gasteiger partial charge on any atom is -0.0648 e. The van der Waals surface area contributed by atoms with Crippen LogP contribution in [0.5, 0.6) is 0 Å². The molecule has 0 unspecified atom stereocenters. The molecule has 1 heteroatoms. The summed E-state index contributed by atoms with van der Waals surface area (Å²) in [5.74, 6) is 0.704. The van der Waals surface area contributed by atoms with E-state index >= 15 is 0 Å². The summed E-state index contributed by atoms with van der Waals surface area (Å²) in [5, 5.41) is 0. The third-order valence-electron chi connectivity index (χ3n) is 2.26. The summed E-state index contributed by atoms with van der Waals surface area (Å²) < 4.78 is 0. The zero-order chi connectivity index (χ0) is 8.27. The fourth-order valence-corrected chi connectivity index (χ4v) is 1.13. The van der Waals surface area contributed by atoms with Gasteiger partial charge in [0, 0.05) is 31.1 Å². The van der Waals surface area contributed by atoms with Crippen LogP contribution in [0, 0.1) is 38.0 Å². The topological polar surface area (TPSA) is 0 Å². The van der Waals surface area contributed by atoms with Gasteiger partial charge in [-0.05, 0) is 24.8 Å². The van der Waals surface area contributed by atoms with Crippen molar-refractivity contribution >= 4 is 0 Å². The van der Waals surface area contributed by atoms with E-state index in [1.165, 1.54) is 17.5 Å². The Morgan fingerprint density at radius 1 is 1.17 bits per heavy atom. The molecule has 0 aliphatic carbocycles. The molecule has 0 N–H and O–H groups in total. The molecule has 64 valence electrons. The van der Waals surface area contributed by atoms with E-state index in [1.54, 1.807) is 0 Å². The largest absolute Gasteiger partial charge is 0.0648 e. The Balaban J connectivity index is 0.00000121. The van der Waals surface area contributed by atoms with Crippen molar-refractivity contribution in [2.75, 3.05) is 0 Å². The van der Waals surface area contributed by atoms with Crippen LogP contribution in [0.15, 0.2) is 24.3 Å². The van der Waals surface area contributed by atoms with Crippen molar-refractivity contribution in [3.8, 4) is 0 Å². The monoisotopic (exact) mass is 386 g/mol. The molecule has 0 saturated carbocycles.